The van der Waals surface area contributed by atoms with E-state index in [1.807, 2.05) is 42.8 Å². The van der Waals surface area contributed by atoms with Crippen molar-refractivity contribution < 1.29 is 27.9 Å². The highest BCUT2D eigenvalue weighted by molar-refractivity contribution is 5.87. The van der Waals surface area contributed by atoms with Crippen LogP contribution >= 0.6 is 0 Å². The Bertz CT molecular complexity index is 1680. The van der Waals surface area contributed by atoms with Gasteiger partial charge in [0.1, 0.15) is 11.9 Å². The molecule has 2 fully saturated rings. The predicted octanol–water partition coefficient (Wildman–Crippen LogP) is 3.05. The molecule has 6 rings (SSSR count). The molecule has 230 valence electrons. The summed E-state index contributed by atoms with van der Waals surface area (Å²) in [5.41, 5.74) is 5.06. The van der Waals surface area contributed by atoms with Crippen molar-refractivity contribution >= 4 is 23.2 Å². The lowest BCUT2D eigenvalue weighted by atomic mass is 10.0. The lowest BCUT2D eigenvalue weighted by Gasteiger charge is -2.35. The normalized spacial score (nSPS) is 15.6. The molecule has 0 atom stereocenters. The molecule has 44 heavy (non-hydrogen) atoms. The van der Waals surface area contributed by atoms with E-state index in [2.05, 4.69) is 38.2 Å². The van der Waals surface area contributed by atoms with Gasteiger partial charge in [-0.25, -0.2) is 14.3 Å². The first-order chi connectivity index (χ1) is 21.0. The van der Waals surface area contributed by atoms with Gasteiger partial charge in [-0.05, 0) is 31.0 Å². The molecule has 0 spiro atoms. The number of fused-ring (bicyclic) bond motifs is 1. The molecule has 2 saturated heterocycles. The number of hydrogen-bond acceptors (Lipinski definition) is 8. The number of likely N-dealkylation sites (tertiary alicyclic amines) is 1. The minimum Gasteiger partial charge on any atom is -0.475 e. The van der Waals surface area contributed by atoms with Gasteiger partial charge < -0.3 is 14.9 Å². The average Bonchev–Trinajstić information content (AvgIpc) is 3.78. The van der Waals surface area contributed by atoms with Gasteiger partial charge in [-0.15, -0.1) is 0 Å². The van der Waals surface area contributed by atoms with E-state index in [1.165, 1.54) is 0 Å². The van der Waals surface area contributed by atoms with E-state index in [-0.39, 0.29) is 5.91 Å². The first-order valence-electron chi connectivity index (χ1n) is 14.0. The summed E-state index contributed by atoms with van der Waals surface area (Å²) in [6.07, 6.45) is 6.33. The molecule has 0 radical (unpaired) electrons. The van der Waals surface area contributed by atoms with Gasteiger partial charge in [0, 0.05) is 87.2 Å². The number of aliphatic carboxylic acids is 1. The molecule has 0 unspecified atom stereocenters. The fourth-order valence-electron chi connectivity index (χ4n) is 5.28. The monoisotopic (exact) mass is 609 g/mol. The van der Waals surface area contributed by atoms with E-state index in [0.717, 1.165) is 85.7 Å². The van der Waals surface area contributed by atoms with Gasteiger partial charge in [-0.2, -0.15) is 28.6 Å². The van der Waals surface area contributed by atoms with Gasteiger partial charge in [-0.1, -0.05) is 0 Å². The van der Waals surface area contributed by atoms with E-state index in [0.29, 0.717) is 12.1 Å². The molecule has 4 aromatic rings. The Hall–Kier alpha value is -4.97. The number of halogens is 3. The standard InChI is InChI=1S/C27H29N9O.C2HF3O2/c1-32-17-23(16-30-32)21-12-24(27-22(13-28)15-31-36(27)18-21)20-4-5-25(29-14-20)34-10-8-33(9-11-34)19-26(37)35-6-2-3-7-35;3-2(4,5)1(6)7/h4-5,12,14-18H,2-3,6-11,19H2,1H3;(H,6,7). The van der Waals surface area contributed by atoms with Crippen molar-refractivity contribution in [3.63, 3.8) is 0 Å². The number of hydrogen-bond donors (Lipinski definition) is 1. The van der Waals surface area contributed by atoms with Crippen LogP contribution in [0.3, 0.4) is 0 Å². The maximum absolute atomic E-state index is 12.5. The van der Waals surface area contributed by atoms with Gasteiger partial charge >= 0.3 is 12.1 Å². The Morgan fingerprint density at radius 2 is 1.66 bits per heavy atom. The number of aromatic nitrogens is 5. The Kier molecular flexibility index (Phi) is 8.81. The summed E-state index contributed by atoms with van der Waals surface area (Å²) in [7, 11) is 1.89. The minimum atomic E-state index is -5.08. The largest absolute Gasteiger partial charge is 0.490 e. The number of aryl methyl sites for hydroxylation is 1. The van der Waals surface area contributed by atoms with E-state index in [4.69, 9.17) is 14.9 Å². The van der Waals surface area contributed by atoms with E-state index in [9.17, 15) is 23.2 Å². The summed E-state index contributed by atoms with van der Waals surface area (Å²) in [4.78, 5) is 32.7. The summed E-state index contributed by atoms with van der Waals surface area (Å²) in [5, 5.41) is 25.5. The van der Waals surface area contributed by atoms with Crippen molar-refractivity contribution in [2.45, 2.75) is 19.0 Å². The summed E-state index contributed by atoms with van der Waals surface area (Å²) in [6, 6.07) is 8.43. The number of carboxylic acid groups (broad SMARTS) is 1. The maximum Gasteiger partial charge on any atom is 0.490 e. The van der Waals surface area contributed by atoms with Gasteiger partial charge in [0.25, 0.3) is 0 Å². The fraction of sp³-hybridized carbons (Fsp3) is 0.379. The van der Waals surface area contributed by atoms with Crippen LogP contribution < -0.4 is 4.90 Å². The van der Waals surface area contributed by atoms with E-state index in [1.54, 1.807) is 15.4 Å². The zero-order chi connectivity index (χ0) is 31.4. The number of piperazine rings is 1. The van der Waals surface area contributed by atoms with Crippen LogP contribution in [0.2, 0.25) is 0 Å². The molecule has 0 bridgehead atoms. The van der Waals surface area contributed by atoms with E-state index >= 15 is 0 Å². The van der Waals surface area contributed by atoms with Crippen molar-refractivity contribution in [2.75, 3.05) is 50.7 Å². The molecule has 2 aliphatic rings. The molecule has 2 aliphatic heterocycles. The molecule has 0 saturated carbocycles. The molecule has 0 aromatic carbocycles. The molecule has 1 amide bonds. The second-order valence-electron chi connectivity index (χ2n) is 10.6. The number of pyridine rings is 2. The maximum atomic E-state index is 12.5. The molecular formula is C29H30F3N9O3. The number of carbonyl (C=O) groups excluding carboxylic acids is 1. The molecular weight excluding hydrogens is 579 g/mol. The molecule has 0 aliphatic carbocycles. The predicted molar refractivity (Wildman–Crippen MR) is 153 cm³/mol. The average molecular weight is 610 g/mol. The first-order valence-corrected chi connectivity index (χ1v) is 14.0. The third kappa shape index (κ3) is 6.81. The molecule has 6 heterocycles. The third-order valence-corrected chi connectivity index (χ3v) is 7.59. The highest BCUT2D eigenvalue weighted by Gasteiger charge is 2.38. The lowest BCUT2D eigenvalue weighted by molar-refractivity contribution is -0.192. The number of carbonyl (C=O) groups is 2. The summed E-state index contributed by atoms with van der Waals surface area (Å²) < 4.78 is 35.3. The summed E-state index contributed by atoms with van der Waals surface area (Å²) in [6.45, 7) is 5.68. The van der Waals surface area contributed by atoms with Gasteiger partial charge in [-0.3, -0.25) is 14.4 Å². The highest BCUT2D eigenvalue weighted by Crippen LogP contribution is 2.32. The number of alkyl halides is 3. The second-order valence-corrected chi connectivity index (χ2v) is 10.6. The lowest BCUT2D eigenvalue weighted by Crippen LogP contribution is -2.50. The Labute approximate surface area is 250 Å². The Balaban J connectivity index is 0.000000493. The number of amides is 1. The summed E-state index contributed by atoms with van der Waals surface area (Å²) in [5.74, 6) is -1.58. The SMILES string of the molecule is Cn1cc(-c2cc(-c3ccc(N4CCN(CC(=O)N5CCCC5)CC4)nc3)c3c(C#N)cnn3c2)cn1.O=C(O)C(F)(F)F. The van der Waals surface area contributed by atoms with Crippen LogP contribution in [0.15, 0.2) is 49.2 Å². The first kappa shape index (κ1) is 30.5. The number of nitriles is 1. The van der Waals surface area contributed by atoms with Crippen molar-refractivity contribution in [3.05, 3.63) is 54.7 Å². The Morgan fingerprint density at radius 1 is 0.955 bits per heavy atom. The zero-order valence-electron chi connectivity index (χ0n) is 23.9. The topological polar surface area (TPSA) is 136 Å². The van der Waals surface area contributed by atoms with Gasteiger partial charge in [0.05, 0.1) is 30.0 Å². The van der Waals surface area contributed by atoms with E-state index < -0.39 is 12.1 Å². The van der Waals surface area contributed by atoms with Gasteiger partial charge in [0.2, 0.25) is 5.91 Å². The second kappa shape index (κ2) is 12.7. The van der Waals surface area contributed by atoms with Crippen molar-refractivity contribution in [3.8, 4) is 28.3 Å². The van der Waals surface area contributed by atoms with Crippen LogP contribution in [0.4, 0.5) is 19.0 Å². The van der Waals surface area contributed by atoms with Gasteiger partial charge in [0.15, 0.2) is 0 Å². The van der Waals surface area contributed by atoms with Crippen LogP contribution in [0.1, 0.15) is 18.4 Å². The number of rotatable bonds is 5. The highest BCUT2D eigenvalue weighted by atomic mass is 19.4. The Morgan fingerprint density at radius 3 is 2.23 bits per heavy atom. The number of carboxylic acids is 1. The number of anilines is 1. The molecule has 15 heteroatoms. The third-order valence-electron chi connectivity index (χ3n) is 7.59. The van der Waals surface area contributed by atoms with Crippen molar-refractivity contribution in [2.24, 2.45) is 7.05 Å². The number of nitrogens with zero attached hydrogens (tertiary/aromatic N) is 9. The quantitative estimate of drug-likeness (QED) is 0.362. The summed E-state index contributed by atoms with van der Waals surface area (Å²) >= 11 is 0. The van der Waals surface area contributed by atoms with Crippen LogP contribution in [0.25, 0.3) is 27.8 Å². The van der Waals surface area contributed by atoms with Crippen LogP contribution in [0, 0.1) is 11.3 Å². The van der Waals surface area contributed by atoms with Crippen LogP contribution in [-0.4, -0.2) is 103 Å². The van der Waals surface area contributed by atoms with Crippen LogP contribution in [-0.2, 0) is 16.6 Å². The molecule has 4 aromatic heterocycles. The fourth-order valence-corrected chi connectivity index (χ4v) is 5.28. The smallest absolute Gasteiger partial charge is 0.475 e. The molecule has 12 nitrogen and oxygen atoms in total. The molecule has 1 N–H and O–H groups in total. The van der Waals surface area contributed by atoms with Crippen LogP contribution in [0.5, 0.6) is 0 Å². The van der Waals surface area contributed by atoms with Crippen molar-refractivity contribution in [1.29, 1.82) is 5.26 Å². The minimum absolute atomic E-state index is 0.255. The zero-order valence-corrected chi connectivity index (χ0v) is 23.9. The van der Waals surface area contributed by atoms with Crippen molar-refractivity contribution in [1.82, 2.24) is 34.2 Å².